The molecule has 6 atom stereocenters. The second-order valence-corrected chi connectivity index (χ2v) is 4.75. The molecule has 0 bridgehead atoms. The third kappa shape index (κ3) is 3.39. The second kappa shape index (κ2) is 6.95. The van der Waals surface area contributed by atoms with Crippen molar-refractivity contribution < 1.29 is 29.9 Å². The van der Waals surface area contributed by atoms with Gasteiger partial charge in [-0.2, -0.15) is 5.26 Å². The van der Waals surface area contributed by atoms with E-state index in [1.807, 2.05) is 6.07 Å². The van der Waals surface area contributed by atoms with Crippen molar-refractivity contribution in [1.82, 2.24) is 0 Å². The van der Waals surface area contributed by atoms with E-state index in [1.165, 1.54) is 0 Å². The minimum Gasteiger partial charge on any atom is -0.394 e. The quantitative estimate of drug-likeness (QED) is 0.565. The Morgan fingerprint density at radius 1 is 1.14 bits per heavy atom. The maximum absolute atomic E-state index is 9.86. The van der Waals surface area contributed by atoms with Gasteiger partial charge in [-0.15, -0.1) is 0 Å². The van der Waals surface area contributed by atoms with Gasteiger partial charge in [0.2, 0.25) is 0 Å². The predicted octanol–water partition coefficient (Wildman–Crippen LogP) is -0.932. The Labute approximate surface area is 121 Å². The van der Waals surface area contributed by atoms with Crippen molar-refractivity contribution in [1.29, 1.82) is 5.26 Å². The third-order valence-corrected chi connectivity index (χ3v) is 3.34. The fourth-order valence-corrected chi connectivity index (χ4v) is 2.13. The number of nitrogens with zero attached hydrogens (tertiary/aromatic N) is 1. The molecule has 1 unspecified atom stereocenters. The highest BCUT2D eigenvalue weighted by Crippen LogP contribution is 2.27. The first kappa shape index (κ1) is 15.9. The largest absolute Gasteiger partial charge is 0.394 e. The number of hydrogen-bond acceptors (Lipinski definition) is 7. The lowest BCUT2D eigenvalue weighted by Crippen LogP contribution is -2.59. The lowest BCUT2D eigenvalue weighted by Gasteiger charge is -2.40. The summed E-state index contributed by atoms with van der Waals surface area (Å²) in [7, 11) is 0. The van der Waals surface area contributed by atoms with E-state index in [1.54, 1.807) is 30.3 Å². The average Bonchev–Trinajstić information content (AvgIpc) is 2.53. The molecule has 4 N–H and O–H groups in total. The number of hydrogen-bond donors (Lipinski definition) is 4. The van der Waals surface area contributed by atoms with E-state index in [2.05, 4.69) is 0 Å². The minimum absolute atomic E-state index is 0.548. The number of rotatable bonds is 4. The van der Waals surface area contributed by atoms with Crippen LogP contribution < -0.4 is 0 Å². The molecule has 1 aliphatic heterocycles. The Kier molecular flexibility index (Phi) is 5.25. The number of benzene rings is 1. The minimum atomic E-state index is -1.53. The first-order valence-electron chi connectivity index (χ1n) is 6.49. The summed E-state index contributed by atoms with van der Waals surface area (Å²) in [5.74, 6) is 0. The zero-order chi connectivity index (χ0) is 15.4. The Morgan fingerprint density at radius 2 is 1.81 bits per heavy atom. The van der Waals surface area contributed by atoms with Gasteiger partial charge in [0.05, 0.1) is 12.7 Å². The lowest BCUT2D eigenvalue weighted by molar-refractivity contribution is -0.307. The van der Waals surface area contributed by atoms with Gasteiger partial charge in [-0.05, 0) is 5.56 Å². The molecule has 2 rings (SSSR count). The molecule has 1 aromatic carbocycles. The zero-order valence-electron chi connectivity index (χ0n) is 11.1. The number of aliphatic hydroxyl groups is 4. The Balaban J connectivity index is 2.12. The summed E-state index contributed by atoms with van der Waals surface area (Å²) in [6.07, 6.45) is -7.91. The topological polar surface area (TPSA) is 123 Å². The van der Waals surface area contributed by atoms with Crippen LogP contribution in [-0.4, -0.2) is 57.7 Å². The van der Waals surface area contributed by atoms with E-state index in [9.17, 15) is 15.3 Å². The summed E-state index contributed by atoms with van der Waals surface area (Å²) in [6, 6.07) is 10.5. The first-order chi connectivity index (χ1) is 10.1. The van der Waals surface area contributed by atoms with Crippen molar-refractivity contribution in [2.45, 2.75) is 36.8 Å². The summed E-state index contributed by atoms with van der Waals surface area (Å²) in [4.78, 5) is 0. The number of nitriles is 1. The van der Waals surface area contributed by atoms with Crippen LogP contribution >= 0.6 is 0 Å². The van der Waals surface area contributed by atoms with E-state index in [-0.39, 0.29) is 0 Å². The highest BCUT2D eigenvalue weighted by atomic mass is 16.7. The smallest absolute Gasteiger partial charge is 0.188 e. The Hall–Kier alpha value is -1.53. The molecule has 7 heteroatoms. The summed E-state index contributed by atoms with van der Waals surface area (Å²) in [6.45, 7) is -0.548. The Bertz CT molecular complexity index is 488. The molecule has 7 nitrogen and oxygen atoms in total. The normalized spacial score (nSPS) is 34.1. The van der Waals surface area contributed by atoms with Crippen molar-refractivity contribution in [2.24, 2.45) is 0 Å². The van der Waals surface area contributed by atoms with Crippen LogP contribution in [0.15, 0.2) is 30.3 Å². The van der Waals surface area contributed by atoms with Gasteiger partial charge in [-0.1, -0.05) is 30.3 Å². The van der Waals surface area contributed by atoms with Gasteiger partial charge >= 0.3 is 0 Å². The highest BCUT2D eigenvalue weighted by molar-refractivity contribution is 5.22. The second-order valence-electron chi connectivity index (χ2n) is 4.75. The molecule has 0 spiro atoms. The Morgan fingerprint density at radius 3 is 2.38 bits per heavy atom. The average molecular weight is 295 g/mol. The maximum atomic E-state index is 9.86. The molecule has 0 radical (unpaired) electrons. The molecule has 1 aliphatic rings. The molecule has 21 heavy (non-hydrogen) atoms. The molecule has 1 saturated heterocycles. The van der Waals surface area contributed by atoms with Crippen molar-refractivity contribution in [3.05, 3.63) is 35.9 Å². The fraction of sp³-hybridized carbons (Fsp3) is 0.500. The first-order valence-corrected chi connectivity index (χ1v) is 6.49. The summed E-state index contributed by atoms with van der Waals surface area (Å²) in [5, 5.41) is 47.5. The molecule has 0 amide bonds. The number of aliphatic hydroxyl groups excluding tert-OH is 4. The molecule has 0 saturated carbocycles. The van der Waals surface area contributed by atoms with Crippen LogP contribution in [0.5, 0.6) is 0 Å². The van der Waals surface area contributed by atoms with Gasteiger partial charge in [0.25, 0.3) is 0 Å². The molecule has 114 valence electrons. The van der Waals surface area contributed by atoms with E-state index in [4.69, 9.17) is 19.8 Å². The van der Waals surface area contributed by atoms with Crippen LogP contribution in [0.3, 0.4) is 0 Å². The van der Waals surface area contributed by atoms with Crippen LogP contribution in [0.1, 0.15) is 11.7 Å². The fourth-order valence-electron chi connectivity index (χ4n) is 2.13. The van der Waals surface area contributed by atoms with Gasteiger partial charge in [0.1, 0.15) is 24.4 Å². The van der Waals surface area contributed by atoms with Crippen LogP contribution in [0.4, 0.5) is 0 Å². The summed E-state index contributed by atoms with van der Waals surface area (Å²) >= 11 is 0. The van der Waals surface area contributed by atoms with Gasteiger partial charge in [0.15, 0.2) is 12.4 Å². The van der Waals surface area contributed by atoms with E-state index in [0.29, 0.717) is 5.56 Å². The molecular weight excluding hydrogens is 278 g/mol. The summed E-state index contributed by atoms with van der Waals surface area (Å²) < 4.78 is 10.6. The monoisotopic (exact) mass is 295 g/mol. The SMILES string of the molecule is N#CC(O[C@@H]1O[C@@H](CO)[C@H](O)[C@@H](O)[C@@H]1O)c1ccccc1. The van der Waals surface area contributed by atoms with Crippen LogP contribution in [-0.2, 0) is 9.47 Å². The molecule has 1 heterocycles. The van der Waals surface area contributed by atoms with E-state index in [0.717, 1.165) is 0 Å². The molecule has 0 aromatic heterocycles. The van der Waals surface area contributed by atoms with Crippen molar-refractivity contribution in [2.75, 3.05) is 6.61 Å². The zero-order valence-corrected chi connectivity index (χ0v) is 11.1. The van der Waals surface area contributed by atoms with E-state index >= 15 is 0 Å². The molecule has 1 fully saturated rings. The molecular formula is C14H17NO6. The van der Waals surface area contributed by atoms with Crippen LogP contribution in [0.25, 0.3) is 0 Å². The third-order valence-electron chi connectivity index (χ3n) is 3.34. The van der Waals surface area contributed by atoms with Crippen molar-refractivity contribution in [3.63, 3.8) is 0 Å². The summed E-state index contributed by atoms with van der Waals surface area (Å²) in [5.41, 5.74) is 0.567. The van der Waals surface area contributed by atoms with Gasteiger partial charge in [0, 0.05) is 0 Å². The van der Waals surface area contributed by atoms with Crippen LogP contribution in [0, 0.1) is 11.3 Å². The van der Waals surface area contributed by atoms with Gasteiger partial charge in [-0.25, -0.2) is 0 Å². The van der Waals surface area contributed by atoms with Gasteiger partial charge in [-0.3, -0.25) is 0 Å². The van der Waals surface area contributed by atoms with Crippen molar-refractivity contribution in [3.8, 4) is 6.07 Å². The standard InChI is InChI=1S/C14H17NO6/c15-6-9(8-4-2-1-3-5-8)20-14-13(19)12(18)11(17)10(7-16)21-14/h1-5,9-14,16-19H,7H2/t9?,10-,11-,12+,13-,14+/m0/s1. The van der Waals surface area contributed by atoms with Gasteiger partial charge < -0.3 is 29.9 Å². The maximum Gasteiger partial charge on any atom is 0.188 e. The number of ether oxygens (including phenoxy) is 2. The molecule has 1 aromatic rings. The highest BCUT2D eigenvalue weighted by Gasteiger charge is 2.44. The molecule has 0 aliphatic carbocycles. The predicted molar refractivity (Wildman–Crippen MR) is 69.6 cm³/mol. The van der Waals surface area contributed by atoms with Crippen molar-refractivity contribution >= 4 is 0 Å². The van der Waals surface area contributed by atoms with E-state index < -0.39 is 43.4 Å². The lowest BCUT2D eigenvalue weighted by atomic mass is 9.99. The van der Waals surface area contributed by atoms with Crippen LogP contribution in [0.2, 0.25) is 0 Å².